The molecule has 2 aromatic heterocycles. The molecule has 6 heteroatoms. The van der Waals surface area contributed by atoms with Gasteiger partial charge in [-0.05, 0) is 46.3 Å². The Morgan fingerprint density at radius 1 is 1.18 bits per heavy atom. The molecule has 0 aliphatic carbocycles. The zero-order valence-electron chi connectivity index (χ0n) is 15.4. The summed E-state index contributed by atoms with van der Waals surface area (Å²) in [6.07, 6.45) is 1.90. The van der Waals surface area contributed by atoms with Gasteiger partial charge in [-0.3, -0.25) is 14.7 Å². The zero-order chi connectivity index (χ0) is 18.9. The lowest BCUT2D eigenvalue weighted by atomic mass is 9.94. The average Bonchev–Trinajstić information content (AvgIpc) is 3.36. The maximum Gasteiger partial charge on any atom is 0.238 e. The molecule has 28 heavy (non-hydrogen) atoms. The number of aromatic nitrogens is 1. The van der Waals surface area contributed by atoms with Gasteiger partial charge in [0.05, 0.1) is 18.9 Å². The Bertz CT molecular complexity index is 980. The number of ether oxygens (including phenoxy) is 1. The molecule has 1 N–H and O–H groups in total. The summed E-state index contributed by atoms with van der Waals surface area (Å²) in [6.45, 7) is 4.35. The van der Waals surface area contributed by atoms with Gasteiger partial charge in [0.1, 0.15) is 5.92 Å². The van der Waals surface area contributed by atoms with Crippen molar-refractivity contribution < 1.29 is 9.53 Å². The Kier molecular flexibility index (Phi) is 4.68. The molecule has 5 rings (SSSR count). The first kappa shape index (κ1) is 17.6. The Balaban J connectivity index is 1.40. The normalized spacial score (nSPS) is 19.4. The van der Waals surface area contributed by atoms with Gasteiger partial charge >= 0.3 is 0 Å². The maximum absolute atomic E-state index is 12.7. The molecule has 0 saturated carbocycles. The van der Waals surface area contributed by atoms with Crippen LogP contribution < -0.4 is 5.32 Å². The number of pyridine rings is 1. The summed E-state index contributed by atoms with van der Waals surface area (Å²) in [6, 6.07) is 14.4. The summed E-state index contributed by atoms with van der Waals surface area (Å²) in [5, 5.41) is 5.07. The van der Waals surface area contributed by atoms with Gasteiger partial charge in [0.15, 0.2) is 0 Å². The molecule has 0 spiro atoms. The van der Waals surface area contributed by atoms with Crippen LogP contribution in [0.5, 0.6) is 0 Å². The molecule has 2 aliphatic heterocycles. The van der Waals surface area contributed by atoms with Gasteiger partial charge in [0.25, 0.3) is 0 Å². The van der Waals surface area contributed by atoms with Crippen molar-refractivity contribution in [3.05, 3.63) is 70.9 Å². The third-order valence-electron chi connectivity index (χ3n) is 5.34. The highest BCUT2D eigenvalue weighted by molar-refractivity contribution is 7.13. The number of carbonyl (C=O) groups is 1. The standard InChI is InChI=1S/C22H21N3O2S/c26-22-21(17-12-16(4-6-18(17)24-22)20-2-1-11-28-20)19-5-3-15(13-23-19)14-25-7-9-27-10-8-25/h1-6,11-13,21H,7-10,14H2,(H,24,26). The quantitative estimate of drug-likeness (QED) is 0.736. The van der Waals surface area contributed by atoms with Crippen LogP contribution in [0.4, 0.5) is 5.69 Å². The van der Waals surface area contributed by atoms with Crippen LogP contribution in [-0.4, -0.2) is 42.1 Å². The van der Waals surface area contributed by atoms with Crippen LogP contribution in [0.2, 0.25) is 0 Å². The number of nitrogens with one attached hydrogen (secondary N) is 1. The van der Waals surface area contributed by atoms with Gasteiger partial charge in [-0.1, -0.05) is 18.2 Å². The van der Waals surface area contributed by atoms with Gasteiger partial charge in [-0.25, -0.2) is 0 Å². The molecular formula is C22H21N3O2S. The van der Waals surface area contributed by atoms with Crippen molar-refractivity contribution in [1.82, 2.24) is 9.88 Å². The van der Waals surface area contributed by atoms with E-state index in [1.54, 1.807) is 11.3 Å². The van der Waals surface area contributed by atoms with E-state index in [9.17, 15) is 4.79 Å². The van der Waals surface area contributed by atoms with Gasteiger partial charge in [-0.15, -0.1) is 11.3 Å². The molecule has 5 nitrogen and oxygen atoms in total. The van der Waals surface area contributed by atoms with E-state index in [-0.39, 0.29) is 11.8 Å². The van der Waals surface area contributed by atoms with E-state index < -0.39 is 0 Å². The highest BCUT2D eigenvalue weighted by atomic mass is 32.1. The van der Waals surface area contributed by atoms with Crippen LogP contribution in [0.25, 0.3) is 10.4 Å². The number of benzene rings is 1. The van der Waals surface area contributed by atoms with Crippen molar-refractivity contribution >= 4 is 22.9 Å². The number of hydrogen-bond donors (Lipinski definition) is 1. The van der Waals surface area contributed by atoms with Gasteiger partial charge in [0.2, 0.25) is 5.91 Å². The SMILES string of the molecule is O=C1Nc2ccc(-c3cccs3)cc2C1c1ccc(CN2CCOCC2)cn1. The summed E-state index contributed by atoms with van der Waals surface area (Å²) in [7, 11) is 0. The summed E-state index contributed by atoms with van der Waals surface area (Å²) in [5.74, 6) is -0.362. The minimum atomic E-state index is -0.354. The fourth-order valence-electron chi connectivity index (χ4n) is 3.87. The first-order chi connectivity index (χ1) is 13.8. The molecule has 4 heterocycles. The van der Waals surface area contributed by atoms with Crippen molar-refractivity contribution in [1.29, 1.82) is 0 Å². The van der Waals surface area contributed by atoms with Crippen LogP contribution in [-0.2, 0) is 16.1 Å². The molecule has 1 saturated heterocycles. The minimum Gasteiger partial charge on any atom is -0.379 e. The Morgan fingerprint density at radius 2 is 2.07 bits per heavy atom. The van der Waals surface area contributed by atoms with E-state index in [4.69, 9.17) is 4.74 Å². The molecule has 142 valence electrons. The summed E-state index contributed by atoms with van der Waals surface area (Å²) in [5.41, 5.74) is 4.99. The van der Waals surface area contributed by atoms with Gasteiger partial charge in [0, 0.05) is 36.4 Å². The summed E-state index contributed by atoms with van der Waals surface area (Å²) in [4.78, 5) is 20.9. The fourth-order valence-corrected chi connectivity index (χ4v) is 4.59. The second-order valence-electron chi connectivity index (χ2n) is 7.18. The topological polar surface area (TPSA) is 54.5 Å². The van der Waals surface area contributed by atoms with Crippen molar-refractivity contribution in [3.63, 3.8) is 0 Å². The average molecular weight is 391 g/mol. The monoisotopic (exact) mass is 391 g/mol. The first-order valence-corrected chi connectivity index (χ1v) is 10.4. The second kappa shape index (κ2) is 7.47. The molecule has 3 aromatic rings. The number of morpholine rings is 1. The molecule has 0 radical (unpaired) electrons. The fraction of sp³-hybridized carbons (Fsp3) is 0.273. The van der Waals surface area contributed by atoms with E-state index in [2.05, 4.69) is 44.8 Å². The van der Waals surface area contributed by atoms with Crippen LogP contribution in [0, 0.1) is 0 Å². The summed E-state index contributed by atoms with van der Waals surface area (Å²) >= 11 is 1.70. The molecule has 1 atom stereocenters. The van der Waals surface area contributed by atoms with Crippen molar-refractivity contribution in [2.75, 3.05) is 31.6 Å². The lowest BCUT2D eigenvalue weighted by Crippen LogP contribution is -2.35. The third kappa shape index (κ3) is 3.35. The summed E-state index contributed by atoms with van der Waals surface area (Å²) < 4.78 is 5.40. The zero-order valence-corrected chi connectivity index (χ0v) is 16.2. The number of carbonyl (C=O) groups excluding carboxylic acids is 1. The number of rotatable bonds is 4. The van der Waals surface area contributed by atoms with Gasteiger partial charge in [-0.2, -0.15) is 0 Å². The van der Waals surface area contributed by atoms with E-state index in [1.165, 1.54) is 4.88 Å². The lowest BCUT2D eigenvalue weighted by Gasteiger charge is -2.26. The molecule has 1 unspecified atom stereocenters. The Labute approximate surface area is 168 Å². The van der Waals surface area contributed by atoms with E-state index in [0.29, 0.717) is 0 Å². The van der Waals surface area contributed by atoms with Crippen LogP contribution in [0.3, 0.4) is 0 Å². The highest BCUT2D eigenvalue weighted by Crippen LogP contribution is 2.39. The first-order valence-electron chi connectivity index (χ1n) is 9.51. The number of anilines is 1. The minimum absolute atomic E-state index is 0.00763. The number of amides is 1. The van der Waals surface area contributed by atoms with Crippen molar-refractivity contribution in [2.24, 2.45) is 0 Å². The molecule has 1 fully saturated rings. The van der Waals surface area contributed by atoms with E-state index >= 15 is 0 Å². The highest BCUT2D eigenvalue weighted by Gasteiger charge is 2.33. The Hall–Kier alpha value is -2.54. The third-order valence-corrected chi connectivity index (χ3v) is 6.26. The predicted molar refractivity (Wildman–Crippen MR) is 111 cm³/mol. The number of fused-ring (bicyclic) bond motifs is 1. The number of thiophene rings is 1. The molecule has 1 amide bonds. The number of hydrogen-bond acceptors (Lipinski definition) is 5. The van der Waals surface area contributed by atoms with Crippen molar-refractivity contribution in [3.8, 4) is 10.4 Å². The Morgan fingerprint density at radius 3 is 2.82 bits per heavy atom. The predicted octanol–water partition coefficient (Wildman–Crippen LogP) is 3.73. The maximum atomic E-state index is 12.7. The van der Waals surface area contributed by atoms with E-state index in [1.807, 2.05) is 24.4 Å². The van der Waals surface area contributed by atoms with Crippen LogP contribution >= 0.6 is 11.3 Å². The van der Waals surface area contributed by atoms with Crippen LogP contribution in [0.1, 0.15) is 22.7 Å². The molecular weight excluding hydrogens is 370 g/mol. The largest absolute Gasteiger partial charge is 0.379 e. The molecule has 0 bridgehead atoms. The number of nitrogens with zero attached hydrogens (tertiary/aromatic N) is 2. The second-order valence-corrected chi connectivity index (χ2v) is 8.13. The molecule has 2 aliphatic rings. The lowest BCUT2D eigenvalue weighted by molar-refractivity contribution is -0.116. The van der Waals surface area contributed by atoms with Gasteiger partial charge < -0.3 is 10.1 Å². The molecule has 1 aromatic carbocycles. The van der Waals surface area contributed by atoms with Crippen molar-refractivity contribution in [2.45, 2.75) is 12.5 Å². The van der Waals surface area contributed by atoms with E-state index in [0.717, 1.165) is 60.9 Å². The van der Waals surface area contributed by atoms with Crippen LogP contribution in [0.15, 0.2) is 54.0 Å². The smallest absolute Gasteiger partial charge is 0.238 e.